The van der Waals surface area contributed by atoms with E-state index in [4.69, 9.17) is 5.73 Å². The third-order valence-electron chi connectivity index (χ3n) is 3.61. The Bertz CT molecular complexity index is 251. The first-order chi connectivity index (χ1) is 7.97. The Kier molecular flexibility index (Phi) is 5.40. The standard InChI is InChI=1S/C13H27N3O/c1-9(2)8-15-13(17)10(3)16(4)12(7-14)11-5-6-11/h9-12H,5-8,14H2,1-4H3,(H,15,17). The Labute approximate surface area is 105 Å². The summed E-state index contributed by atoms with van der Waals surface area (Å²) in [6.07, 6.45) is 2.51. The number of amides is 1. The lowest BCUT2D eigenvalue weighted by Gasteiger charge is -2.31. The molecule has 0 aromatic carbocycles. The van der Waals surface area contributed by atoms with Gasteiger partial charge in [0.2, 0.25) is 5.91 Å². The molecule has 1 rings (SSSR count). The van der Waals surface area contributed by atoms with Crippen molar-refractivity contribution in [3.63, 3.8) is 0 Å². The van der Waals surface area contributed by atoms with Crippen molar-refractivity contribution in [1.82, 2.24) is 10.2 Å². The predicted octanol–water partition coefficient (Wildman–Crippen LogP) is 0.816. The molecule has 3 N–H and O–H groups in total. The molecule has 100 valence electrons. The first kappa shape index (κ1) is 14.5. The van der Waals surface area contributed by atoms with Crippen molar-refractivity contribution in [2.24, 2.45) is 17.6 Å². The molecular formula is C13H27N3O. The molecule has 4 heteroatoms. The van der Waals surface area contributed by atoms with Crippen molar-refractivity contribution in [1.29, 1.82) is 0 Å². The van der Waals surface area contributed by atoms with E-state index in [1.54, 1.807) is 0 Å². The van der Waals surface area contributed by atoms with Crippen molar-refractivity contribution in [2.75, 3.05) is 20.1 Å². The van der Waals surface area contributed by atoms with E-state index >= 15 is 0 Å². The number of hydrogen-bond donors (Lipinski definition) is 2. The molecule has 1 fully saturated rings. The largest absolute Gasteiger partial charge is 0.354 e. The first-order valence-corrected chi connectivity index (χ1v) is 6.67. The lowest BCUT2D eigenvalue weighted by Crippen LogP contribution is -2.51. The Morgan fingerprint density at radius 2 is 2.00 bits per heavy atom. The van der Waals surface area contributed by atoms with E-state index in [0.29, 0.717) is 24.4 Å². The average molecular weight is 241 g/mol. The van der Waals surface area contributed by atoms with Crippen LogP contribution in [0, 0.1) is 11.8 Å². The van der Waals surface area contributed by atoms with E-state index in [-0.39, 0.29) is 11.9 Å². The van der Waals surface area contributed by atoms with Gasteiger partial charge in [0.05, 0.1) is 6.04 Å². The molecule has 0 heterocycles. The van der Waals surface area contributed by atoms with Gasteiger partial charge < -0.3 is 11.1 Å². The zero-order chi connectivity index (χ0) is 13.0. The fourth-order valence-electron chi connectivity index (χ4n) is 2.10. The van der Waals surface area contributed by atoms with E-state index < -0.39 is 0 Å². The van der Waals surface area contributed by atoms with E-state index in [0.717, 1.165) is 6.54 Å². The second-order valence-corrected chi connectivity index (χ2v) is 5.62. The van der Waals surface area contributed by atoms with Gasteiger partial charge in [-0.1, -0.05) is 13.8 Å². The summed E-state index contributed by atoms with van der Waals surface area (Å²) in [6, 6.07) is 0.262. The summed E-state index contributed by atoms with van der Waals surface area (Å²) in [5.41, 5.74) is 5.80. The molecular weight excluding hydrogens is 214 g/mol. The molecule has 0 bridgehead atoms. The monoisotopic (exact) mass is 241 g/mol. The van der Waals surface area contributed by atoms with Crippen molar-refractivity contribution in [3.8, 4) is 0 Å². The lowest BCUT2D eigenvalue weighted by molar-refractivity contribution is -0.126. The predicted molar refractivity (Wildman–Crippen MR) is 70.6 cm³/mol. The Balaban J connectivity index is 2.43. The van der Waals surface area contributed by atoms with Gasteiger partial charge in [-0.25, -0.2) is 0 Å². The van der Waals surface area contributed by atoms with Crippen LogP contribution < -0.4 is 11.1 Å². The lowest BCUT2D eigenvalue weighted by atomic mass is 10.1. The maximum atomic E-state index is 12.0. The minimum absolute atomic E-state index is 0.0945. The molecule has 1 amide bonds. The van der Waals surface area contributed by atoms with Gasteiger partial charge in [0.25, 0.3) is 0 Å². The number of rotatable bonds is 7. The van der Waals surface area contributed by atoms with Crippen LogP contribution in [0.15, 0.2) is 0 Å². The van der Waals surface area contributed by atoms with Crippen LogP contribution in [-0.4, -0.2) is 43.0 Å². The van der Waals surface area contributed by atoms with Crippen LogP contribution in [0.1, 0.15) is 33.6 Å². The minimum atomic E-state index is -0.0945. The average Bonchev–Trinajstić information content (AvgIpc) is 3.09. The summed E-state index contributed by atoms with van der Waals surface area (Å²) in [7, 11) is 2.01. The molecule has 2 atom stereocenters. The van der Waals surface area contributed by atoms with Gasteiger partial charge in [0, 0.05) is 19.1 Å². The van der Waals surface area contributed by atoms with E-state index in [9.17, 15) is 4.79 Å². The number of carbonyl (C=O) groups is 1. The second kappa shape index (κ2) is 6.36. The van der Waals surface area contributed by atoms with Crippen LogP contribution in [-0.2, 0) is 4.79 Å². The Morgan fingerprint density at radius 1 is 1.41 bits per heavy atom. The molecule has 1 aliphatic carbocycles. The fraction of sp³-hybridized carbons (Fsp3) is 0.923. The molecule has 1 saturated carbocycles. The SMILES string of the molecule is CC(C)CNC(=O)C(C)N(C)C(CN)C1CC1. The molecule has 0 aromatic rings. The van der Waals surface area contributed by atoms with Crippen molar-refractivity contribution >= 4 is 5.91 Å². The summed E-state index contributed by atoms with van der Waals surface area (Å²) in [4.78, 5) is 14.1. The van der Waals surface area contributed by atoms with Gasteiger partial charge in [-0.3, -0.25) is 9.69 Å². The van der Waals surface area contributed by atoms with Gasteiger partial charge in [-0.05, 0) is 38.6 Å². The van der Waals surface area contributed by atoms with Crippen LogP contribution in [0.25, 0.3) is 0 Å². The van der Waals surface area contributed by atoms with Crippen LogP contribution in [0.5, 0.6) is 0 Å². The molecule has 0 spiro atoms. The highest BCUT2D eigenvalue weighted by Gasteiger charge is 2.35. The molecule has 0 saturated heterocycles. The number of nitrogens with zero attached hydrogens (tertiary/aromatic N) is 1. The van der Waals surface area contributed by atoms with E-state index in [2.05, 4.69) is 24.1 Å². The van der Waals surface area contributed by atoms with Crippen LogP contribution in [0.2, 0.25) is 0 Å². The topological polar surface area (TPSA) is 58.4 Å². The van der Waals surface area contributed by atoms with Crippen molar-refractivity contribution in [2.45, 2.75) is 45.7 Å². The highest BCUT2D eigenvalue weighted by molar-refractivity contribution is 5.81. The first-order valence-electron chi connectivity index (χ1n) is 6.67. The molecule has 0 aromatic heterocycles. The van der Waals surface area contributed by atoms with Gasteiger partial charge in [0.15, 0.2) is 0 Å². The summed E-state index contributed by atoms with van der Waals surface area (Å²) in [5.74, 6) is 1.30. The fourth-order valence-corrected chi connectivity index (χ4v) is 2.10. The summed E-state index contributed by atoms with van der Waals surface area (Å²) < 4.78 is 0. The summed E-state index contributed by atoms with van der Waals surface area (Å²) in [5, 5.41) is 2.98. The maximum Gasteiger partial charge on any atom is 0.237 e. The third kappa shape index (κ3) is 4.28. The summed E-state index contributed by atoms with van der Waals surface area (Å²) in [6.45, 7) is 7.54. The molecule has 2 unspecified atom stereocenters. The number of nitrogens with two attached hydrogens (primary N) is 1. The van der Waals surface area contributed by atoms with Crippen LogP contribution in [0.3, 0.4) is 0 Å². The van der Waals surface area contributed by atoms with Crippen LogP contribution >= 0.6 is 0 Å². The quantitative estimate of drug-likeness (QED) is 0.693. The normalized spacial score (nSPS) is 19.5. The van der Waals surface area contributed by atoms with Gasteiger partial charge in [-0.2, -0.15) is 0 Å². The second-order valence-electron chi connectivity index (χ2n) is 5.62. The number of nitrogens with one attached hydrogen (secondary N) is 1. The molecule has 1 aliphatic rings. The Hall–Kier alpha value is -0.610. The van der Waals surface area contributed by atoms with E-state index in [1.165, 1.54) is 12.8 Å². The number of likely N-dealkylation sites (N-methyl/N-ethyl adjacent to an activating group) is 1. The zero-order valence-corrected chi connectivity index (χ0v) is 11.6. The molecule has 0 radical (unpaired) electrons. The molecule has 0 aliphatic heterocycles. The van der Waals surface area contributed by atoms with Gasteiger partial charge in [0.1, 0.15) is 0 Å². The van der Waals surface area contributed by atoms with Crippen molar-refractivity contribution in [3.05, 3.63) is 0 Å². The highest BCUT2D eigenvalue weighted by atomic mass is 16.2. The number of hydrogen-bond acceptors (Lipinski definition) is 3. The molecule has 4 nitrogen and oxygen atoms in total. The zero-order valence-electron chi connectivity index (χ0n) is 11.6. The minimum Gasteiger partial charge on any atom is -0.354 e. The van der Waals surface area contributed by atoms with E-state index in [1.807, 2.05) is 14.0 Å². The van der Waals surface area contributed by atoms with Crippen LogP contribution in [0.4, 0.5) is 0 Å². The smallest absolute Gasteiger partial charge is 0.237 e. The third-order valence-corrected chi connectivity index (χ3v) is 3.61. The Morgan fingerprint density at radius 3 is 2.41 bits per heavy atom. The van der Waals surface area contributed by atoms with Gasteiger partial charge in [-0.15, -0.1) is 0 Å². The maximum absolute atomic E-state index is 12.0. The van der Waals surface area contributed by atoms with Gasteiger partial charge >= 0.3 is 0 Å². The van der Waals surface area contributed by atoms with Crippen molar-refractivity contribution < 1.29 is 4.79 Å². The molecule has 17 heavy (non-hydrogen) atoms. The summed E-state index contributed by atoms with van der Waals surface area (Å²) >= 11 is 0. The highest BCUT2D eigenvalue weighted by Crippen LogP contribution is 2.35. The number of carbonyl (C=O) groups excluding carboxylic acids is 1.